The summed E-state index contributed by atoms with van der Waals surface area (Å²) in [7, 11) is 0. The molecule has 190 valence electrons. The number of aryl methyl sites for hydroxylation is 1. The standard InChI is InChI=1S/C30H29NO6/c1-3-10-25-20(2)24-16-15-23(18-27(24)37-28(25)32)36-29(33)26(17-21-11-6-4-7-12-21)31-30(34)35-19-22-13-8-5-9-14-22/h4-9,11-16,18,26H,3,10,17,19H2,1-2H3,(H,31,34)/t26-/m0/s1. The van der Waals surface area contributed by atoms with Crippen molar-refractivity contribution in [1.82, 2.24) is 5.32 Å². The molecule has 0 aliphatic rings. The number of alkyl carbamates (subject to hydrolysis) is 1. The van der Waals surface area contributed by atoms with Crippen molar-refractivity contribution < 1.29 is 23.5 Å². The van der Waals surface area contributed by atoms with Gasteiger partial charge < -0.3 is 19.2 Å². The Kier molecular flexibility index (Phi) is 8.36. The second kappa shape index (κ2) is 12.0. The van der Waals surface area contributed by atoms with Crippen LogP contribution in [0.15, 0.2) is 88.1 Å². The van der Waals surface area contributed by atoms with Gasteiger partial charge in [-0.15, -0.1) is 0 Å². The summed E-state index contributed by atoms with van der Waals surface area (Å²) in [6, 6.07) is 22.5. The van der Waals surface area contributed by atoms with E-state index in [1.807, 2.05) is 74.5 Å². The lowest BCUT2D eigenvalue weighted by Gasteiger charge is -2.18. The summed E-state index contributed by atoms with van der Waals surface area (Å²) in [4.78, 5) is 38.1. The third-order valence-electron chi connectivity index (χ3n) is 6.05. The van der Waals surface area contributed by atoms with Crippen molar-refractivity contribution >= 4 is 23.0 Å². The van der Waals surface area contributed by atoms with Gasteiger partial charge in [-0.3, -0.25) is 0 Å². The molecule has 0 saturated carbocycles. The van der Waals surface area contributed by atoms with Gasteiger partial charge in [0.1, 0.15) is 24.0 Å². The molecule has 37 heavy (non-hydrogen) atoms. The summed E-state index contributed by atoms with van der Waals surface area (Å²) in [6.07, 6.45) is 0.942. The van der Waals surface area contributed by atoms with Gasteiger partial charge in [0.25, 0.3) is 0 Å². The smallest absolute Gasteiger partial charge is 0.408 e. The van der Waals surface area contributed by atoms with Gasteiger partial charge in [-0.2, -0.15) is 0 Å². The van der Waals surface area contributed by atoms with Crippen LogP contribution >= 0.6 is 0 Å². The molecule has 0 fully saturated rings. The second-order valence-corrected chi connectivity index (χ2v) is 8.77. The maximum Gasteiger partial charge on any atom is 0.408 e. The molecule has 0 radical (unpaired) electrons. The fourth-order valence-corrected chi connectivity index (χ4v) is 4.11. The summed E-state index contributed by atoms with van der Waals surface area (Å²) in [5, 5.41) is 3.41. The van der Waals surface area contributed by atoms with Gasteiger partial charge in [-0.05, 0) is 42.2 Å². The highest BCUT2D eigenvalue weighted by Gasteiger charge is 2.25. The molecule has 1 atom stereocenters. The molecule has 3 aromatic carbocycles. The molecule has 0 saturated heterocycles. The van der Waals surface area contributed by atoms with Gasteiger partial charge in [-0.25, -0.2) is 14.4 Å². The Balaban J connectivity index is 1.51. The lowest BCUT2D eigenvalue weighted by Crippen LogP contribution is -2.44. The Bertz CT molecular complexity index is 1430. The first-order valence-corrected chi connectivity index (χ1v) is 12.2. The zero-order chi connectivity index (χ0) is 26.2. The number of fused-ring (bicyclic) bond motifs is 1. The predicted octanol–water partition coefficient (Wildman–Crippen LogP) is 5.50. The summed E-state index contributed by atoms with van der Waals surface area (Å²) < 4.78 is 16.4. The number of nitrogens with one attached hydrogen (secondary N) is 1. The van der Waals surface area contributed by atoms with E-state index in [2.05, 4.69) is 5.32 Å². The summed E-state index contributed by atoms with van der Waals surface area (Å²) in [5.41, 5.74) is 3.13. The summed E-state index contributed by atoms with van der Waals surface area (Å²) >= 11 is 0. The lowest BCUT2D eigenvalue weighted by molar-refractivity contribution is -0.136. The number of rotatable bonds is 9. The molecule has 7 heteroatoms. The van der Waals surface area contributed by atoms with Crippen molar-refractivity contribution in [3.05, 3.63) is 112 Å². The molecule has 0 aliphatic carbocycles. The molecule has 4 aromatic rings. The van der Waals surface area contributed by atoms with Crippen molar-refractivity contribution in [3.8, 4) is 5.75 Å². The van der Waals surface area contributed by atoms with E-state index < -0.39 is 18.1 Å². The predicted molar refractivity (Wildman–Crippen MR) is 141 cm³/mol. The Labute approximate surface area is 215 Å². The van der Waals surface area contributed by atoms with E-state index in [1.165, 1.54) is 6.07 Å². The second-order valence-electron chi connectivity index (χ2n) is 8.77. The van der Waals surface area contributed by atoms with Gasteiger partial charge in [0.15, 0.2) is 0 Å². The normalized spacial score (nSPS) is 11.6. The van der Waals surface area contributed by atoms with E-state index >= 15 is 0 Å². The maximum absolute atomic E-state index is 13.2. The number of hydrogen-bond donors (Lipinski definition) is 1. The van der Waals surface area contributed by atoms with Gasteiger partial charge in [0.2, 0.25) is 0 Å². The van der Waals surface area contributed by atoms with Crippen LogP contribution < -0.4 is 15.7 Å². The number of amides is 1. The zero-order valence-corrected chi connectivity index (χ0v) is 20.9. The number of benzene rings is 3. The van der Waals surface area contributed by atoms with Crippen LogP contribution in [0, 0.1) is 6.92 Å². The van der Waals surface area contributed by atoms with Crippen LogP contribution in [0.5, 0.6) is 5.75 Å². The van der Waals surface area contributed by atoms with Crippen LogP contribution in [0.3, 0.4) is 0 Å². The monoisotopic (exact) mass is 499 g/mol. The minimum atomic E-state index is -0.998. The van der Waals surface area contributed by atoms with Crippen LogP contribution in [-0.4, -0.2) is 18.1 Å². The van der Waals surface area contributed by atoms with Crippen LogP contribution in [0.4, 0.5) is 4.79 Å². The third-order valence-corrected chi connectivity index (χ3v) is 6.05. The molecule has 0 spiro atoms. The average molecular weight is 500 g/mol. The lowest BCUT2D eigenvalue weighted by atomic mass is 10.0. The molecule has 1 aromatic heterocycles. The number of carbonyl (C=O) groups is 2. The van der Waals surface area contributed by atoms with Gasteiger partial charge >= 0.3 is 17.7 Å². The Morgan fingerprint density at radius 1 is 0.946 bits per heavy atom. The van der Waals surface area contributed by atoms with E-state index in [9.17, 15) is 14.4 Å². The molecule has 1 N–H and O–H groups in total. The number of hydrogen-bond acceptors (Lipinski definition) is 6. The number of esters is 1. The topological polar surface area (TPSA) is 94.8 Å². The van der Waals surface area contributed by atoms with Crippen LogP contribution in [0.1, 0.15) is 35.6 Å². The molecule has 0 bridgehead atoms. The molecule has 0 unspecified atom stereocenters. The number of ether oxygens (including phenoxy) is 2. The first-order valence-electron chi connectivity index (χ1n) is 12.2. The molecule has 4 rings (SSSR count). The molecule has 0 aliphatic heterocycles. The van der Waals surface area contributed by atoms with E-state index in [0.29, 0.717) is 17.6 Å². The van der Waals surface area contributed by atoms with Crippen molar-refractivity contribution in [2.75, 3.05) is 0 Å². The minimum absolute atomic E-state index is 0.0723. The largest absolute Gasteiger partial charge is 0.445 e. The quantitative estimate of drug-likeness (QED) is 0.186. The maximum atomic E-state index is 13.2. The van der Waals surface area contributed by atoms with Crippen molar-refractivity contribution in [3.63, 3.8) is 0 Å². The molecular formula is C30H29NO6. The highest BCUT2D eigenvalue weighted by Crippen LogP contribution is 2.25. The highest BCUT2D eigenvalue weighted by molar-refractivity contribution is 5.86. The van der Waals surface area contributed by atoms with Gasteiger partial charge in [0.05, 0.1) is 0 Å². The number of carbonyl (C=O) groups excluding carboxylic acids is 2. The van der Waals surface area contributed by atoms with E-state index in [-0.39, 0.29) is 24.4 Å². The Hall–Kier alpha value is -4.39. The Morgan fingerprint density at radius 2 is 1.62 bits per heavy atom. The van der Waals surface area contributed by atoms with Crippen molar-refractivity contribution in [1.29, 1.82) is 0 Å². The van der Waals surface area contributed by atoms with E-state index in [4.69, 9.17) is 13.9 Å². The van der Waals surface area contributed by atoms with Crippen LogP contribution in [0.25, 0.3) is 11.0 Å². The molecular weight excluding hydrogens is 470 g/mol. The van der Waals surface area contributed by atoms with Gasteiger partial charge in [0, 0.05) is 23.4 Å². The van der Waals surface area contributed by atoms with Crippen molar-refractivity contribution in [2.24, 2.45) is 0 Å². The molecule has 1 amide bonds. The SMILES string of the molecule is CCCc1c(C)c2ccc(OC(=O)[C@H](Cc3ccccc3)NC(=O)OCc3ccccc3)cc2oc1=O. The Morgan fingerprint density at radius 3 is 2.30 bits per heavy atom. The van der Waals surface area contributed by atoms with Crippen molar-refractivity contribution in [2.45, 2.75) is 45.8 Å². The highest BCUT2D eigenvalue weighted by atomic mass is 16.6. The fourth-order valence-electron chi connectivity index (χ4n) is 4.11. The average Bonchev–Trinajstić information content (AvgIpc) is 2.90. The third kappa shape index (κ3) is 6.64. The fraction of sp³-hybridized carbons (Fsp3) is 0.233. The van der Waals surface area contributed by atoms with Crippen LogP contribution in [-0.2, 0) is 29.0 Å². The zero-order valence-electron chi connectivity index (χ0n) is 20.9. The molecule has 7 nitrogen and oxygen atoms in total. The first kappa shape index (κ1) is 25.7. The molecule has 1 heterocycles. The summed E-state index contributed by atoms with van der Waals surface area (Å²) in [6.45, 7) is 3.96. The summed E-state index contributed by atoms with van der Waals surface area (Å²) in [5.74, 6) is -0.456. The van der Waals surface area contributed by atoms with E-state index in [1.54, 1.807) is 12.1 Å². The minimum Gasteiger partial charge on any atom is -0.445 e. The first-order chi connectivity index (χ1) is 17.9. The van der Waals surface area contributed by atoms with Crippen LogP contribution in [0.2, 0.25) is 0 Å². The van der Waals surface area contributed by atoms with E-state index in [0.717, 1.165) is 28.5 Å². The van der Waals surface area contributed by atoms with Gasteiger partial charge in [-0.1, -0.05) is 74.0 Å².